The van der Waals surface area contributed by atoms with E-state index in [1.807, 2.05) is 0 Å². The Balaban J connectivity index is 1.89. The fraction of sp³-hybridized carbons (Fsp3) is 0.562. The average molecular weight is 230 g/mol. The van der Waals surface area contributed by atoms with E-state index < -0.39 is 0 Å². The minimum Gasteiger partial charge on any atom is -0.300 e. The maximum atomic E-state index is 11.7. The number of carbonyl (C=O) groups is 1. The smallest absolute Gasteiger partial charge is 0.133 e. The van der Waals surface area contributed by atoms with Crippen LogP contribution in [0.15, 0.2) is 18.2 Å². The van der Waals surface area contributed by atoms with Gasteiger partial charge in [-0.3, -0.25) is 4.79 Å². The molecule has 0 radical (unpaired) electrons. The summed E-state index contributed by atoms with van der Waals surface area (Å²) in [6.45, 7) is 4.21. The second-order valence-corrected chi connectivity index (χ2v) is 5.59. The molecule has 0 N–H and O–H groups in total. The van der Waals surface area contributed by atoms with Gasteiger partial charge in [0.1, 0.15) is 5.78 Å². The van der Waals surface area contributed by atoms with Crippen LogP contribution in [0, 0.1) is 5.92 Å². The molecule has 0 heterocycles. The highest BCUT2D eigenvalue weighted by atomic mass is 16.1. The van der Waals surface area contributed by atoms with Crippen molar-refractivity contribution < 1.29 is 4.79 Å². The summed E-state index contributed by atoms with van der Waals surface area (Å²) in [6.07, 6.45) is 6.11. The van der Waals surface area contributed by atoms with Crippen LogP contribution in [-0.4, -0.2) is 5.78 Å². The third-order valence-corrected chi connectivity index (χ3v) is 3.49. The second kappa shape index (κ2) is 5.48. The minimum absolute atomic E-state index is 0.403. The van der Waals surface area contributed by atoms with Crippen LogP contribution in [0.1, 0.15) is 49.8 Å². The van der Waals surface area contributed by atoms with Crippen LogP contribution in [0.4, 0.5) is 0 Å². The van der Waals surface area contributed by atoms with E-state index >= 15 is 0 Å². The molecule has 1 heteroatoms. The molecule has 0 aliphatic heterocycles. The number of benzene rings is 1. The molecule has 0 amide bonds. The van der Waals surface area contributed by atoms with E-state index in [9.17, 15) is 4.79 Å². The Bertz CT molecular complexity index is 404. The number of carbonyl (C=O) groups excluding carboxylic acids is 1. The molecule has 0 saturated heterocycles. The number of Topliss-reactive ketones (excluding diaryl/α,β-unsaturated/α-hetero) is 1. The van der Waals surface area contributed by atoms with Crippen molar-refractivity contribution in [1.29, 1.82) is 0 Å². The van der Waals surface area contributed by atoms with Gasteiger partial charge in [-0.1, -0.05) is 32.0 Å². The maximum absolute atomic E-state index is 11.7. The fourth-order valence-electron chi connectivity index (χ4n) is 2.62. The van der Waals surface area contributed by atoms with E-state index in [0.717, 1.165) is 12.8 Å². The van der Waals surface area contributed by atoms with Gasteiger partial charge in [-0.25, -0.2) is 0 Å². The Hall–Kier alpha value is -1.11. The van der Waals surface area contributed by atoms with Gasteiger partial charge in [-0.15, -0.1) is 0 Å². The van der Waals surface area contributed by atoms with Crippen LogP contribution >= 0.6 is 0 Å². The highest BCUT2D eigenvalue weighted by Crippen LogP contribution is 2.23. The van der Waals surface area contributed by atoms with E-state index in [1.54, 1.807) is 0 Å². The van der Waals surface area contributed by atoms with Crippen molar-refractivity contribution in [2.75, 3.05) is 0 Å². The van der Waals surface area contributed by atoms with Crippen molar-refractivity contribution in [1.82, 2.24) is 0 Å². The molecule has 0 saturated carbocycles. The first-order valence-electron chi connectivity index (χ1n) is 6.77. The molecular weight excluding hydrogens is 208 g/mol. The third-order valence-electron chi connectivity index (χ3n) is 3.49. The molecule has 1 aromatic carbocycles. The number of rotatable bonds is 5. The Kier molecular flexibility index (Phi) is 3.98. The summed E-state index contributed by atoms with van der Waals surface area (Å²) >= 11 is 0. The largest absolute Gasteiger partial charge is 0.300 e. The first kappa shape index (κ1) is 12.3. The van der Waals surface area contributed by atoms with Crippen LogP contribution in [0.3, 0.4) is 0 Å². The van der Waals surface area contributed by atoms with E-state index in [1.165, 1.54) is 36.0 Å². The van der Waals surface area contributed by atoms with Crippen molar-refractivity contribution in [2.45, 2.75) is 52.4 Å². The summed E-state index contributed by atoms with van der Waals surface area (Å²) in [5, 5.41) is 0. The van der Waals surface area contributed by atoms with Crippen molar-refractivity contribution in [3.63, 3.8) is 0 Å². The molecule has 0 aromatic heterocycles. The predicted molar refractivity (Wildman–Crippen MR) is 71.3 cm³/mol. The molecule has 0 spiro atoms. The third kappa shape index (κ3) is 3.42. The highest BCUT2D eigenvalue weighted by Gasteiger charge is 2.11. The topological polar surface area (TPSA) is 17.1 Å². The Morgan fingerprint density at radius 2 is 2.00 bits per heavy atom. The molecule has 1 aliphatic rings. The molecule has 2 rings (SSSR count). The summed E-state index contributed by atoms with van der Waals surface area (Å²) < 4.78 is 0. The molecule has 0 unspecified atom stereocenters. The van der Waals surface area contributed by atoms with Gasteiger partial charge in [0.15, 0.2) is 0 Å². The SMILES string of the molecule is CC(C)CC(=O)CCc1ccc2c(c1)CCC2. The van der Waals surface area contributed by atoms with Gasteiger partial charge < -0.3 is 0 Å². The Morgan fingerprint density at radius 1 is 1.24 bits per heavy atom. The maximum Gasteiger partial charge on any atom is 0.133 e. The number of aryl methyl sites for hydroxylation is 3. The van der Waals surface area contributed by atoms with Crippen molar-refractivity contribution in [2.24, 2.45) is 5.92 Å². The van der Waals surface area contributed by atoms with Crippen LogP contribution < -0.4 is 0 Å². The van der Waals surface area contributed by atoms with Gasteiger partial charge in [0, 0.05) is 12.8 Å². The van der Waals surface area contributed by atoms with Crippen LogP contribution in [-0.2, 0) is 24.1 Å². The highest BCUT2D eigenvalue weighted by molar-refractivity contribution is 5.78. The lowest BCUT2D eigenvalue weighted by atomic mass is 9.99. The van der Waals surface area contributed by atoms with Crippen LogP contribution in [0.2, 0.25) is 0 Å². The van der Waals surface area contributed by atoms with Crippen LogP contribution in [0.25, 0.3) is 0 Å². The zero-order chi connectivity index (χ0) is 12.3. The lowest BCUT2D eigenvalue weighted by Gasteiger charge is -2.06. The Labute approximate surface area is 104 Å². The van der Waals surface area contributed by atoms with Gasteiger partial charge in [-0.2, -0.15) is 0 Å². The minimum atomic E-state index is 0.403. The second-order valence-electron chi connectivity index (χ2n) is 5.59. The van der Waals surface area contributed by atoms with E-state index in [0.29, 0.717) is 18.1 Å². The van der Waals surface area contributed by atoms with Crippen molar-refractivity contribution in [3.8, 4) is 0 Å². The summed E-state index contributed by atoms with van der Waals surface area (Å²) in [7, 11) is 0. The molecule has 1 nitrogen and oxygen atoms in total. The number of hydrogen-bond donors (Lipinski definition) is 0. The standard InChI is InChI=1S/C16H22O/c1-12(2)10-16(17)9-7-13-6-8-14-4-3-5-15(14)11-13/h6,8,11-12H,3-5,7,9-10H2,1-2H3. The first-order chi connectivity index (χ1) is 8.15. The zero-order valence-electron chi connectivity index (χ0n) is 11.0. The van der Waals surface area contributed by atoms with Gasteiger partial charge in [-0.05, 0) is 48.3 Å². The van der Waals surface area contributed by atoms with E-state index in [2.05, 4.69) is 32.0 Å². The van der Waals surface area contributed by atoms with E-state index in [-0.39, 0.29) is 0 Å². The average Bonchev–Trinajstić information content (AvgIpc) is 2.72. The van der Waals surface area contributed by atoms with Gasteiger partial charge in [0.2, 0.25) is 0 Å². The lowest BCUT2D eigenvalue weighted by Crippen LogP contribution is -2.04. The zero-order valence-corrected chi connectivity index (χ0v) is 11.0. The van der Waals surface area contributed by atoms with Gasteiger partial charge in [0.25, 0.3) is 0 Å². The quantitative estimate of drug-likeness (QED) is 0.753. The van der Waals surface area contributed by atoms with Crippen molar-refractivity contribution >= 4 is 5.78 Å². The lowest BCUT2D eigenvalue weighted by molar-refractivity contribution is -0.119. The summed E-state index contributed by atoms with van der Waals surface area (Å²) in [6, 6.07) is 6.77. The molecule has 0 bridgehead atoms. The summed E-state index contributed by atoms with van der Waals surface area (Å²) in [4.78, 5) is 11.7. The van der Waals surface area contributed by atoms with Gasteiger partial charge in [0.05, 0.1) is 0 Å². The number of ketones is 1. The van der Waals surface area contributed by atoms with Gasteiger partial charge >= 0.3 is 0 Å². The predicted octanol–water partition coefficient (Wildman–Crippen LogP) is 3.72. The first-order valence-corrected chi connectivity index (χ1v) is 6.77. The monoisotopic (exact) mass is 230 g/mol. The molecule has 92 valence electrons. The van der Waals surface area contributed by atoms with E-state index in [4.69, 9.17) is 0 Å². The molecule has 1 aliphatic carbocycles. The van der Waals surface area contributed by atoms with Crippen LogP contribution in [0.5, 0.6) is 0 Å². The molecule has 1 aromatic rings. The normalized spacial score (nSPS) is 14.1. The van der Waals surface area contributed by atoms with Crippen molar-refractivity contribution in [3.05, 3.63) is 34.9 Å². The number of hydrogen-bond acceptors (Lipinski definition) is 1. The molecule has 17 heavy (non-hydrogen) atoms. The molecule has 0 fully saturated rings. The summed E-state index contributed by atoms with van der Waals surface area (Å²) in [5.74, 6) is 0.892. The summed E-state index contributed by atoms with van der Waals surface area (Å²) in [5.41, 5.74) is 4.36. The molecular formula is C16H22O. The number of fused-ring (bicyclic) bond motifs is 1. The Morgan fingerprint density at radius 3 is 2.76 bits per heavy atom. The fourth-order valence-corrected chi connectivity index (χ4v) is 2.62. The molecule has 0 atom stereocenters.